The van der Waals surface area contributed by atoms with Gasteiger partial charge in [-0.05, 0) is 48.7 Å². The summed E-state index contributed by atoms with van der Waals surface area (Å²) in [4.78, 5) is 12.6. The van der Waals surface area contributed by atoms with Gasteiger partial charge in [0, 0.05) is 5.69 Å². The summed E-state index contributed by atoms with van der Waals surface area (Å²) in [5.41, 5.74) is 2.12. The second-order valence-corrected chi connectivity index (χ2v) is 8.00. The summed E-state index contributed by atoms with van der Waals surface area (Å²) in [6, 6.07) is 12.7. The van der Waals surface area contributed by atoms with Gasteiger partial charge in [-0.1, -0.05) is 68.8 Å². The molecule has 0 unspecified atom stereocenters. The highest BCUT2D eigenvalue weighted by atomic mass is 35.5. The summed E-state index contributed by atoms with van der Waals surface area (Å²) in [6.45, 7) is 4.64. The zero-order valence-corrected chi connectivity index (χ0v) is 19.8. The van der Waals surface area contributed by atoms with E-state index in [4.69, 9.17) is 21.1 Å². The molecule has 0 radical (unpaired) electrons. The number of carbonyl (C=O) groups excluding carboxylic acids is 1. The Morgan fingerprint density at radius 3 is 2.56 bits per heavy atom. The molecule has 0 saturated heterocycles. The lowest BCUT2D eigenvalue weighted by Crippen LogP contribution is -2.14. The standard InChI is InChI=1S/C26H31ClN2O3/c1-4-5-6-7-8-11-14-32-25-22(27)16-20(17-24(25)31-3)15-21(18-28)26(30)29-23-13-10-9-12-19(23)2/h9-10,12-13,15-17H,4-8,11,14H2,1-3H3,(H,29,30)/b21-15-. The number of nitrogens with one attached hydrogen (secondary N) is 1. The summed E-state index contributed by atoms with van der Waals surface area (Å²) in [6.07, 6.45) is 8.49. The van der Waals surface area contributed by atoms with Crippen LogP contribution in [0.3, 0.4) is 0 Å². The average molecular weight is 455 g/mol. The molecule has 0 aliphatic heterocycles. The minimum atomic E-state index is -0.486. The second kappa shape index (κ2) is 13.4. The lowest BCUT2D eigenvalue weighted by atomic mass is 10.1. The topological polar surface area (TPSA) is 71.3 Å². The van der Waals surface area contributed by atoms with Crippen molar-refractivity contribution in [3.63, 3.8) is 0 Å². The van der Waals surface area contributed by atoms with Gasteiger partial charge in [-0.25, -0.2) is 0 Å². The molecule has 0 aromatic heterocycles. The first-order valence-electron chi connectivity index (χ1n) is 11.0. The molecule has 6 heteroatoms. The molecule has 1 N–H and O–H groups in total. The summed E-state index contributed by atoms with van der Waals surface area (Å²) < 4.78 is 11.3. The molecule has 2 aromatic rings. The van der Waals surface area contributed by atoms with Crippen LogP contribution in [0.25, 0.3) is 6.08 Å². The van der Waals surface area contributed by atoms with Crippen LogP contribution in [0.2, 0.25) is 5.02 Å². The number of nitrogens with zero attached hydrogens (tertiary/aromatic N) is 1. The van der Waals surface area contributed by atoms with Crippen LogP contribution in [0.5, 0.6) is 11.5 Å². The Kier molecular flexibility index (Phi) is 10.6. The molecule has 0 aliphatic rings. The van der Waals surface area contributed by atoms with Gasteiger partial charge < -0.3 is 14.8 Å². The first kappa shape index (κ1) is 25.3. The summed E-state index contributed by atoms with van der Waals surface area (Å²) in [7, 11) is 1.53. The fourth-order valence-corrected chi connectivity index (χ4v) is 3.51. The Labute approximate surface area is 196 Å². The van der Waals surface area contributed by atoms with Gasteiger partial charge >= 0.3 is 0 Å². The van der Waals surface area contributed by atoms with E-state index >= 15 is 0 Å². The SMILES string of the molecule is CCCCCCCCOc1c(Cl)cc(/C=C(/C#N)C(=O)Nc2ccccc2C)cc1OC. The molecule has 0 aliphatic carbocycles. The van der Waals surface area contributed by atoms with E-state index in [1.807, 2.05) is 31.2 Å². The number of amides is 1. The van der Waals surface area contributed by atoms with Gasteiger partial charge in [0.15, 0.2) is 11.5 Å². The number of hydrogen-bond donors (Lipinski definition) is 1. The Bertz CT molecular complexity index is 980. The van der Waals surface area contributed by atoms with Crippen molar-refractivity contribution in [1.29, 1.82) is 5.26 Å². The maximum absolute atomic E-state index is 12.6. The van der Waals surface area contributed by atoms with E-state index in [0.717, 1.165) is 18.4 Å². The van der Waals surface area contributed by atoms with Crippen LogP contribution in [0, 0.1) is 18.3 Å². The third-order valence-electron chi connectivity index (χ3n) is 5.07. The number of unbranched alkanes of at least 4 members (excludes halogenated alkanes) is 5. The molecule has 170 valence electrons. The number of halogens is 1. The van der Waals surface area contributed by atoms with Crippen molar-refractivity contribution in [3.05, 3.63) is 58.1 Å². The molecule has 0 spiro atoms. The van der Waals surface area contributed by atoms with Gasteiger partial charge in [0.25, 0.3) is 5.91 Å². The van der Waals surface area contributed by atoms with Crippen LogP contribution in [0.4, 0.5) is 5.69 Å². The lowest BCUT2D eigenvalue weighted by Gasteiger charge is -2.13. The van der Waals surface area contributed by atoms with Crippen molar-refractivity contribution >= 4 is 29.3 Å². The van der Waals surface area contributed by atoms with Crippen LogP contribution in [-0.2, 0) is 4.79 Å². The number of rotatable bonds is 12. The minimum absolute atomic E-state index is 0.0351. The van der Waals surface area contributed by atoms with Crippen molar-refractivity contribution in [2.45, 2.75) is 52.4 Å². The van der Waals surface area contributed by atoms with E-state index in [0.29, 0.717) is 34.4 Å². The zero-order valence-electron chi connectivity index (χ0n) is 19.0. The van der Waals surface area contributed by atoms with Gasteiger partial charge in [-0.3, -0.25) is 4.79 Å². The minimum Gasteiger partial charge on any atom is -0.493 e. The maximum atomic E-state index is 12.6. The van der Waals surface area contributed by atoms with E-state index in [2.05, 4.69) is 12.2 Å². The number of methoxy groups -OCH3 is 1. The van der Waals surface area contributed by atoms with E-state index in [1.165, 1.54) is 38.9 Å². The van der Waals surface area contributed by atoms with Gasteiger partial charge in [-0.2, -0.15) is 5.26 Å². The van der Waals surface area contributed by atoms with Crippen LogP contribution in [-0.4, -0.2) is 19.6 Å². The van der Waals surface area contributed by atoms with E-state index in [-0.39, 0.29) is 5.57 Å². The van der Waals surface area contributed by atoms with Crippen LogP contribution >= 0.6 is 11.6 Å². The number of aryl methyl sites for hydroxylation is 1. The summed E-state index contributed by atoms with van der Waals surface area (Å²) >= 11 is 6.43. The largest absolute Gasteiger partial charge is 0.493 e. The Morgan fingerprint density at radius 1 is 1.16 bits per heavy atom. The van der Waals surface area contributed by atoms with Crippen molar-refractivity contribution in [1.82, 2.24) is 0 Å². The predicted molar refractivity (Wildman–Crippen MR) is 130 cm³/mol. The fourth-order valence-electron chi connectivity index (χ4n) is 3.24. The molecule has 1 amide bonds. The Balaban J connectivity index is 2.09. The van der Waals surface area contributed by atoms with Gasteiger partial charge in [0.1, 0.15) is 11.6 Å². The molecule has 32 heavy (non-hydrogen) atoms. The summed E-state index contributed by atoms with van der Waals surface area (Å²) in [5, 5.41) is 12.7. The smallest absolute Gasteiger partial charge is 0.266 e. The molecule has 2 rings (SSSR count). The summed E-state index contributed by atoms with van der Waals surface area (Å²) in [5.74, 6) is 0.453. The number of para-hydroxylation sites is 1. The second-order valence-electron chi connectivity index (χ2n) is 7.59. The molecular formula is C26H31ClN2O3. The number of anilines is 1. The molecule has 0 atom stereocenters. The molecule has 0 saturated carbocycles. The molecule has 0 fully saturated rings. The highest BCUT2D eigenvalue weighted by molar-refractivity contribution is 6.32. The van der Waals surface area contributed by atoms with Crippen molar-refractivity contribution in [2.24, 2.45) is 0 Å². The monoisotopic (exact) mass is 454 g/mol. The van der Waals surface area contributed by atoms with Crippen LogP contribution in [0.1, 0.15) is 56.6 Å². The van der Waals surface area contributed by atoms with Crippen molar-refractivity contribution < 1.29 is 14.3 Å². The number of carbonyl (C=O) groups is 1. The lowest BCUT2D eigenvalue weighted by molar-refractivity contribution is -0.112. The van der Waals surface area contributed by atoms with Gasteiger partial charge in [0.2, 0.25) is 0 Å². The molecule has 5 nitrogen and oxygen atoms in total. The number of nitriles is 1. The zero-order chi connectivity index (χ0) is 23.3. The Morgan fingerprint density at radius 2 is 1.88 bits per heavy atom. The predicted octanol–water partition coefficient (Wildman–Crippen LogP) is 6.94. The third-order valence-corrected chi connectivity index (χ3v) is 5.35. The third kappa shape index (κ3) is 7.62. The first-order valence-corrected chi connectivity index (χ1v) is 11.4. The van der Waals surface area contributed by atoms with E-state index < -0.39 is 5.91 Å². The van der Waals surface area contributed by atoms with Gasteiger partial charge in [0.05, 0.1) is 18.7 Å². The highest BCUT2D eigenvalue weighted by Crippen LogP contribution is 2.37. The van der Waals surface area contributed by atoms with E-state index in [1.54, 1.807) is 18.2 Å². The van der Waals surface area contributed by atoms with E-state index in [9.17, 15) is 10.1 Å². The number of ether oxygens (including phenoxy) is 2. The number of benzene rings is 2. The van der Waals surface area contributed by atoms with Crippen LogP contribution in [0.15, 0.2) is 42.0 Å². The molecule has 0 heterocycles. The average Bonchev–Trinajstić information content (AvgIpc) is 2.79. The van der Waals surface area contributed by atoms with Crippen molar-refractivity contribution in [3.8, 4) is 17.6 Å². The Hall–Kier alpha value is -2.97. The number of hydrogen-bond acceptors (Lipinski definition) is 4. The van der Waals surface area contributed by atoms with Gasteiger partial charge in [-0.15, -0.1) is 0 Å². The normalized spacial score (nSPS) is 11.0. The molecular weight excluding hydrogens is 424 g/mol. The fraction of sp³-hybridized carbons (Fsp3) is 0.385. The molecule has 2 aromatic carbocycles. The quantitative estimate of drug-likeness (QED) is 0.214. The maximum Gasteiger partial charge on any atom is 0.266 e. The van der Waals surface area contributed by atoms with Crippen molar-refractivity contribution in [2.75, 3.05) is 19.0 Å². The van der Waals surface area contributed by atoms with Crippen LogP contribution < -0.4 is 14.8 Å². The molecule has 0 bridgehead atoms. The first-order chi connectivity index (χ1) is 15.5. The highest BCUT2D eigenvalue weighted by Gasteiger charge is 2.15.